The van der Waals surface area contributed by atoms with Gasteiger partial charge in [-0.15, -0.1) is 22.7 Å². The average Bonchev–Trinajstić information content (AvgIpc) is 3.51. The zero-order valence-electron chi connectivity index (χ0n) is 18.5. The van der Waals surface area contributed by atoms with E-state index in [0.717, 1.165) is 8.95 Å². The normalized spacial score (nSPS) is 11.7. The molecule has 2 heterocycles. The standard InChI is InChI=1S/C30H17BBr2S2/c32-24-11-5-13-26-28(24)22(16-34-26)31(23-17-35-27-14-6-12-25(33)29(23)27)30-20-9-3-1-7-18(20)15-19-8-2-4-10-21(19)30/h1-17H. The quantitative estimate of drug-likeness (QED) is 0.139. The highest BCUT2D eigenvalue weighted by atomic mass is 79.9. The number of hydrogen-bond acceptors (Lipinski definition) is 2. The van der Waals surface area contributed by atoms with Crippen molar-refractivity contribution < 1.29 is 0 Å². The number of halogens is 2. The molecular formula is C30H17BBr2S2. The van der Waals surface area contributed by atoms with Gasteiger partial charge in [0.2, 0.25) is 6.71 Å². The molecule has 0 aliphatic carbocycles. The molecule has 0 nitrogen and oxygen atoms in total. The molecular weight excluding hydrogens is 595 g/mol. The first kappa shape index (κ1) is 21.8. The minimum absolute atomic E-state index is 0.0888. The lowest BCUT2D eigenvalue weighted by molar-refractivity contribution is 1.77. The molecule has 0 aliphatic heterocycles. The van der Waals surface area contributed by atoms with Crippen molar-refractivity contribution in [2.24, 2.45) is 0 Å². The smallest absolute Gasteiger partial charge is 0.144 e. The summed E-state index contributed by atoms with van der Waals surface area (Å²) in [6.45, 7) is 0.0888. The fraction of sp³-hybridized carbons (Fsp3) is 0. The molecule has 0 saturated carbocycles. The summed E-state index contributed by atoms with van der Waals surface area (Å²) in [7, 11) is 0. The van der Waals surface area contributed by atoms with Crippen molar-refractivity contribution in [3.63, 3.8) is 0 Å². The Morgan fingerprint density at radius 1 is 0.543 bits per heavy atom. The van der Waals surface area contributed by atoms with Crippen LogP contribution in [0.5, 0.6) is 0 Å². The van der Waals surface area contributed by atoms with Gasteiger partial charge in [-0.3, -0.25) is 0 Å². The number of thiophene rings is 2. The van der Waals surface area contributed by atoms with Crippen LogP contribution in [0.25, 0.3) is 41.7 Å². The molecule has 5 heteroatoms. The van der Waals surface area contributed by atoms with Gasteiger partial charge in [-0.05, 0) is 73.6 Å². The van der Waals surface area contributed by atoms with Gasteiger partial charge in [-0.1, -0.05) is 98.0 Å². The largest absolute Gasteiger partial charge is 0.246 e. The van der Waals surface area contributed by atoms with Gasteiger partial charge in [0.05, 0.1) is 0 Å². The first-order chi connectivity index (χ1) is 17.2. The van der Waals surface area contributed by atoms with Crippen LogP contribution in [0.4, 0.5) is 0 Å². The second-order valence-corrected chi connectivity index (χ2v) is 12.3. The highest BCUT2D eigenvalue weighted by Crippen LogP contribution is 2.32. The van der Waals surface area contributed by atoms with E-state index in [1.807, 2.05) is 22.7 Å². The van der Waals surface area contributed by atoms with Crippen LogP contribution < -0.4 is 16.4 Å². The maximum Gasteiger partial charge on any atom is 0.246 e. The fourth-order valence-corrected chi connectivity index (χ4v) is 8.87. The van der Waals surface area contributed by atoms with Crippen molar-refractivity contribution in [1.82, 2.24) is 0 Å². The molecule has 7 aromatic rings. The van der Waals surface area contributed by atoms with E-state index in [2.05, 4.69) is 134 Å². The Balaban J connectivity index is 1.69. The highest BCUT2D eigenvalue weighted by molar-refractivity contribution is 9.11. The molecule has 0 bridgehead atoms. The summed E-state index contributed by atoms with van der Waals surface area (Å²) in [5.74, 6) is 0. The lowest BCUT2D eigenvalue weighted by Gasteiger charge is -2.20. The molecule has 0 atom stereocenters. The van der Waals surface area contributed by atoms with Gasteiger partial charge in [-0.2, -0.15) is 0 Å². The second kappa shape index (κ2) is 8.60. The minimum atomic E-state index is 0.0888. The summed E-state index contributed by atoms with van der Waals surface area (Å²) in [6, 6.07) is 33.1. The Labute approximate surface area is 228 Å². The minimum Gasteiger partial charge on any atom is -0.144 e. The molecule has 0 saturated heterocycles. The van der Waals surface area contributed by atoms with Gasteiger partial charge in [0.1, 0.15) is 0 Å². The van der Waals surface area contributed by atoms with Crippen molar-refractivity contribution in [1.29, 1.82) is 0 Å². The lowest BCUT2D eigenvalue weighted by Crippen LogP contribution is -2.52. The molecule has 0 unspecified atom stereocenters. The van der Waals surface area contributed by atoms with Crippen molar-refractivity contribution in [2.75, 3.05) is 0 Å². The fourth-order valence-electron chi connectivity index (χ4n) is 5.40. The SMILES string of the molecule is Brc1cccc2scc(B(c3c4ccccc4cc4ccccc34)c3csc4cccc(Br)c34)c12. The maximum atomic E-state index is 3.89. The number of fused-ring (bicyclic) bond motifs is 4. The molecule has 7 rings (SSSR count). The van der Waals surface area contributed by atoms with Gasteiger partial charge in [-0.25, -0.2) is 0 Å². The van der Waals surface area contributed by atoms with Crippen LogP contribution in [0.3, 0.4) is 0 Å². The summed E-state index contributed by atoms with van der Waals surface area (Å²) in [4.78, 5) is 0. The molecule has 0 N–H and O–H groups in total. The molecule has 0 aliphatic rings. The zero-order valence-corrected chi connectivity index (χ0v) is 23.3. The Hall–Kier alpha value is -2.44. The molecule has 0 radical (unpaired) electrons. The van der Waals surface area contributed by atoms with E-state index in [0.29, 0.717) is 0 Å². The third kappa shape index (κ3) is 3.44. The number of rotatable bonds is 3. The summed E-state index contributed by atoms with van der Waals surface area (Å²) in [5, 5.41) is 12.6. The second-order valence-electron chi connectivity index (χ2n) is 8.77. The van der Waals surface area contributed by atoms with Crippen LogP contribution in [0, 0.1) is 0 Å². The van der Waals surface area contributed by atoms with Gasteiger partial charge in [0.15, 0.2) is 0 Å². The molecule has 0 amide bonds. The van der Waals surface area contributed by atoms with E-state index >= 15 is 0 Å². The molecule has 5 aromatic carbocycles. The Morgan fingerprint density at radius 3 is 1.54 bits per heavy atom. The average molecular weight is 612 g/mol. The predicted octanol–water partition coefficient (Wildman–Crippen LogP) is 8.46. The van der Waals surface area contributed by atoms with E-state index in [9.17, 15) is 0 Å². The predicted molar refractivity (Wildman–Crippen MR) is 165 cm³/mol. The van der Waals surface area contributed by atoms with E-state index < -0.39 is 0 Å². The van der Waals surface area contributed by atoms with E-state index in [4.69, 9.17) is 0 Å². The van der Waals surface area contributed by atoms with E-state index in [1.165, 1.54) is 58.1 Å². The molecule has 35 heavy (non-hydrogen) atoms. The summed E-state index contributed by atoms with van der Waals surface area (Å²) >= 11 is 11.5. The van der Waals surface area contributed by atoms with Crippen LogP contribution in [0.15, 0.2) is 111 Å². The van der Waals surface area contributed by atoms with Crippen LogP contribution in [0.2, 0.25) is 0 Å². The van der Waals surface area contributed by atoms with E-state index in [-0.39, 0.29) is 6.71 Å². The Morgan fingerprint density at radius 2 is 1.03 bits per heavy atom. The highest BCUT2D eigenvalue weighted by Gasteiger charge is 2.31. The molecule has 2 aromatic heterocycles. The first-order valence-corrected chi connectivity index (χ1v) is 14.8. The molecule has 166 valence electrons. The number of benzene rings is 5. The molecule has 0 spiro atoms. The number of hydrogen-bond donors (Lipinski definition) is 0. The van der Waals surface area contributed by atoms with Gasteiger partial charge < -0.3 is 0 Å². The summed E-state index contributed by atoms with van der Waals surface area (Å²) < 4.78 is 4.92. The summed E-state index contributed by atoms with van der Waals surface area (Å²) in [5.41, 5.74) is 4.09. The van der Waals surface area contributed by atoms with Crippen molar-refractivity contribution in [3.8, 4) is 0 Å². The van der Waals surface area contributed by atoms with Crippen LogP contribution in [0.1, 0.15) is 0 Å². The van der Waals surface area contributed by atoms with Crippen molar-refractivity contribution in [3.05, 3.63) is 111 Å². The first-order valence-electron chi connectivity index (χ1n) is 11.4. The third-order valence-corrected chi connectivity index (χ3v) is 10.1. The van der Waals surface area contributed by atoms with Gasteiger partial charge in [0.25, 0.3) is 0 Å². The van der Waals surface area contributed by atoms with E-state index in [1.54, 1.807) is 0 Å². The monoisotopic (exact) mass is 610 g/mol. The summed E-state index contributed by atoms with van der Waals surface area (Å²) in [6.07, 6.45) is 0. The van der Waals surface area contributed by atoms with Gasteiger partial charge in [0, 0.05) is 29.1 Å². The maximum absolute atomic E-state index is 3.89. The Kier molecular flexibility index (Phi) is 5.36. The van der Waals surface area contributed by atoms with Crippen molar-refractivity contribution >= 4 is 119 Å². The Bertz CT molecular complexity index is 1770. The van der Waals surface area contributed by atoms with Crippen LogP contribution in [-0.2, 0) is 0 Å². The lowest BCUT2D eigenvalue weighted by atomic mass is 9.35. The topological polar surface area (TPSA) is 0 Å². The zero-order chi connectivity index (χ0) is 23.5. The van der Waals surface area contributed by atoms with Crippen LogP contribution in [-0.4, -0.2) is 6.71 Å². The van der Waals surface area contributed by atoms with Gasteiger partial charge >= 0.3 is 0 Å². The molecule has 0 fully saturated rings. The van der Waals surface area contributed by atoms with Crippen LogP contribution >= 0.6 is 54.5 Å². The van der Waals surface area contributed by atoms with Crippen molar-refractivity contribution in [2.45, 2.75) is 0 Å². The third-order valence-electron chi connectivity index (χ3n) is 6.88.